The highest BCUT2D eigenvalue weighted by atomic mass is 35.5. The molecule has 0 saturated heterocycles. The third-order valence-corrected chi connectivity index (χ3v) is 2.49. The van der Waals surface area contributed by atoms with Crippen molar-refractivity contribution in [3.63, 3.8) is 0 Å². The summed E-state index contributed by atoms with van der Waals surface area (Å²) in [5.41, 5.74) is 0.514. The Labute approximate surface area is 108 Å². The highest BCUT2D eigenvalue weighted by Crippen LogP contribution is 2.32. The predicted octanol–water partition coefficient (Wildman–Crippen LogP) is 2.85. The number of benzene rings is 1. The third kappa shape index (κ3) is 2.62. The number of nitrogens with zero attached hydrogens (tertiary/aromatic N) is 1. The van der Waals surface area contributed by atoms with Crippen molar-refractivity contribution in [1.29, 1.82) is 0 Å². The Morgan fingerprint density at radius 3 is 2.94 bits per heavy atom. The molecule has 94 valence electrons. The average Bonchev–Trinajstić information content (AvgIpc) is 2.84. The van der Waals surface area contributed by atoms with Gasteiger partial charge in [-0.3, -0.25) is 0 Å². The van der Waals surface area contributed by atoms with Crippen LogP contribution in [0.5, 0.6) is 5.75 Å². The minimum Gasteiger partial charge on any atom is -0.479 e. The van der Waals surface area contributed by atoms with E-state index in [-0.39, 0.29) is 0 Å². The number of rotatable bonds is 4. The van der Waals surface area contributed by atoms with Crippen LogP contribution in [-0.2, 0) is 4.79 Å². The third-order valence-electron chi connectivity index (χ3n) is 2.26. The Kier molecular flexibility index (Phi) is 3.53. The van der Waals surface area contributed by atoms with Gasteiger partial charge in [-0.1, -0.05) is 11.6 Å². The zero-order valence-corrected chi connectivity index (χ0v) is 10.2. The van der Waals surface area contributed by atoms with Gasteiger partial charge in [-0.15, -0.1) is 0 Å². The Morgan fingerprint density at radius 1 is 1.56 bits per heavy atom. The van der Waals surface area contributed by atoms with Crippen LogP contribution in [0.4, 0.5) is 0 Å². The van der Waals surface area contributed by atoms with Crippen molar-refractivity contribution in [1.82, 2.24) is 4.98 Å². The quantitative estimate of drug-likeness (QED) is 0.922. The molecule has 0 saturated carbocycles. The second-order valence-electron chi connectivity index (χ2n) is 3.58. The normalized spacial score (nSPS) is 12.1. The summed E-state index contributed by atoms with van der Waals surface area (Å²) in [7, 11) is 0. The molecule has 1 atom stereocenters. The van der Waals surface area contributed by atoms with Crippen molar-refractivity contribution in [3.05, 3.63) is 35.7 Å². The van der Waals surface area contributed by atoms with Crippen LogP contribution in [0.25, 0.3) is 11.5 Å². The predicted molar refractivity (Wildman–Crippen MR) is 64.7 cm³/mol. The van der Waals surface area contributed by atoms with Crippen LogP contribution in [0.2, 0.25) is 5.02 Å². The number of hydrogen-bond donors (Lipinski definition) is 1. The van der Waals surface area contributed by atoms with Crippen LogP contribution >= 0.6 is 11.6 Å². The first-order chi connectivity index (χ1) is 8.58. The summed E-state index contributed by atoms with van der Waals surface area (Å²) in [6, 6.07) is 4.80. The van der Waals surface area contributed by atoms with Gasteiger partial charge in [0, 0.05) is 5.02 Å². The van der Waals surface area contributed by atoms with Crippen LogP contribution < -0.4 is 4.74 Å². The molecule has 1 aromatic carbocycles. The molecule has 2 aromatic rings. The molecule has 18 heavy (non-hydrogen) atoms. The molecule has 0 spiro atoms. The second-order valence-corrected chi connectivity index (χ2v) is 4.01. The summed E-state index contributed by atoms with van der Waals surface area (Å²) in [4.78, 5) is 14.8. The van der Waals surface area contributed by atoms with Gasteiger partial charge in [-0.05, 0) is 25.1 Å². The van der Waals surface area contributed by atoms with Crippen molar-refractivity contribution in [2.45, 2.75) is 13.0 Å². The van der Waals surface area contributed by atoms with Crippen molar-refractivity contribution < 1.29 is 19.1 Å². The molecule has 0 amide bonds. The fourth-order valence-corrected chi connectivity index (χ4v) is 1.54. The van der Waals surface area contributed by atoms with Gasteiger partial charge in [0.05, 0.1) is 11.8 Å². The monoisotopic (exact) mass is 267 g/mol. The minimum atomic E-state index is -1.05. The Balaban J connectivity index is 2.38. The lowest BCUT2D eigenvalue weighted by molar-refractivity contribution is -0.144. The molecular formula is C12H10ClNO4. The van der Waals surface area contributed by atoms with Gasteiger partial charge in [0.25, 0.3) is 0 Å². The molecule has 0 bridgehead atoms. The van der Waals surface area contributed by atoms with E-state index in [9.17, 15) is 4.79 Å². The molecule has 0 aliphatic heterocycles. The largest absolute Gasteiger partial charge is 0.479 e. The maximum absolute atomic E-state index is 10.8. The molecule has 5 nitrogen and oxygen atoms in total. The van der Waals surface area contributed by atoms with E-state index in [2.05, 4.69) is 4.98 Å². The number of aromatic nitrogens is 1. The number of aliphatic carboxylic acids is 1. The summed E-state index contributed by atoms with van der Waals surface area (Å²) < 4.78 is 10.5. The van der Waals surface area contributed by atoms with Gasteiger partial charge in [0.15, 0.2) is 6.10 Å². The van der Waals surface area contributed by atoms with Crippen molar-refractivity contribution in [3.8, 4) is 17.2 Å². The second kappa shape index (κ2) is 5.10. The zero-order valence-electron chi connectivity index (χ0n) is 9.46. The summed E-state index contributed by atoms with van der Waals surface area (Å²) in [6.45, 7) is 1.44. The standard InChI is InChI=1S/C12H10ClNO4/c1-7(12(15)16)18-10-3-2-8(13)6-9(10)11-14-4-5-17-11/h2-7H,1H3,(H,15,16). The lowest BCUT2D eigenvalue weighted by Gasteiger charge is -2.13. The molecule has 1 aromatic heterocycles. The van der Waals surface area contributed by atoms with Crippen molar-refractivity contribution >= 4 is 17.6 Å². The van der Waals surface area contributed by atoms with E-state index in [1.165, 1.54) is 19.4 Å². The molecule has 0 radical (unpaired) electrons. The molecule has 1 unspecified atom stereocenters. The molecule has 0 fully saturated rings. The van der Waals surface area contributed by atoms with Gasteiger partial charge in [-0.25, -0.2) is 9.78 Å². The molecule has 2 rings (SSSR count). The number of carboxylic acids is 1. The summed E-state index contributed by atoms with van der Waals surface area (Å²) >= 11 is 5.89. The number of carboxylic acid groups (broad SMARTS) is 1. The first-order valence-electron chi connectivity index (χ1n) is 5.17. The number of hydrogen-bond acceptors (Lipinski definition) is 4. The van der Waals surface area contributed by atoms with Crippen LogP contribution in [0.15, 0.2) is 35.1 Å². The van der Waals surface area contributed by atoms with E-state index in [1.807, 2.05) is 0 Å². The molecule has 1 N–H and O–H groups in total. The van der Waals surface area contributed by atoms with Crippen molar-refractivity contribution in [2.24, 2.45) is 0 Å². The topological polar surface area (TPSA) is 72.6 Å². The summed E-state index contributed by atoms with van der Waals surface area (Å²) in [5.74, 6) is -0.370. The first kappa shape index (κ1) is 12.4. The number of halogens is 1. The SMILES string of the molecule is CC(Oc1ccc(Cl)cc1-c1ncco1)C(=O)O. The molecule has 0 aliphatic carbocycles. The van der Waals surface area contributed by atoms with Gasteiger partial charge < -0.3 is 14.3 Å². The van der Waals surface area contributed by atoms with E-state index in [0.29, 0.717) is 22.2 Å². The minimum absolute atomic E-state index is 0.324. The maximum Gasteiger partial charge on any atom is 0.344 e. The Hall–Kier alpha value is -2.01. The highest BCUT2D eigenvalue weighted by Gasteiger charge is 2.17. The fraction of sp³-hybridized carbons (Fsp3) is 0.167. The maximum atomic E-state index is 10.8. The van der Waals surface area contributed by atoms with Crippen molar-refractivity contribution in [2.75, 3.05) is 0 Å². The van der Waals surface area contributed by atoms with E-state index < -0.39 is 12.1 Å². The number of oxazole rings is 1. The number of carbonyl (C=O) groups is 1. The van der Waals surface area contributed by atoms with Gasteiger partial charge in [-0.2, -0.15) is 0 Å². The van der Waals surface area contributed by atoms with Gasteiger partial charge in [0.1, 0.15) is 12.0 Å². The number of ether oxygens (including phenoxy) is 1. The van der Waals surface area contributed by atoms with E-state index in [4.69, 9.17) is 25.9 Å². The van der Waals surface area contributed by atoms with Crippen LogP contribution in [0.1, 0.15) is 6.92 Å². The average molecular weight is 268 g/mol. The van der Waals surface area contributed by atoms with Crippen LogP contribution in [0, 0.1) is 0 Å². The van der Waals surface area contributed by atoms with Crippen LogP contribution in [-0.4, -0.2) is 22.2 Å². The zero-order chi connectivity index (χ0) is 13.1. The summed E-state index contributed by atoms with van der Waals surface area (Å²) in [6.07, 6.45) is 1.93. The first-order valence-corrected chi connectivity index (χ1v) is 5.54. The van der Waals surface area contributed by atoms with E-state index >= 15 is 0 Å². The smallest absolute Gasteiger partial charge is 0.344 e. The highest BCUT2D eigenvalue weighted by molar-refractivity contribution is 6.30. The molecular weight excluding hydrogens is 258 g/mol. The van der Waals surface area contributed by atoms with Crippen LogP contribution in [0.3, 0.4) is 0 Å². The lowest BCUT2D eigenvalue weighted by Crippen LogP contribution is -2.23. The molecule has 1 heterocycles. The molecule has 6 heteroatoms. The Morgan fingerprint density at radius 2 is 2.33 bits per heavy atom. The summed E-state index contributed by atoms with van der Waals surface area (Å²) in [5, 5.41) is 9.31. The van der Waals surface area contributed by atoms with E-state index in [1.54, 1.807) is 18.2 Å². The van der Waals surface area contributed by atoms with E-state index in [0.717, 1.165) is 0 Å². The fourth-order valence-electron chi connectivity index (χ4n) is 1.37. The molecule has 0 aliphatic rings. The van der Waals surface area contributed by atoms with Gasteiger partial charge >= 0.3 is 5.97 Å². The lowest BCUT2D eigenvalue weighted by atomic mass is 10.2. The van der Waals surface area contributed by atoms with Gasteiger partial charge in [0.2, 0.25) is 5.89 Å². The Bertz CT molecular complexity index is 553.